The molecule has 3 heteroatoms. The number of benzene rings is 1. The second-order valence-electron chi connectivity index (χ2n) is 4.40. The highest BCUT2D eigenvalue weighted by molar-refractivity contribution is 5.49. The van der Waals surface area contributed by atoms with Crippen molar-refractivity contribution in [3.8, 4) is 5.88 Å². The zero-order valence-electron chi connectivity index (χ0n) is 11.0. The summed E-state index contributed by atoms with van der Waals surface area (Å²) in [7, 11) is 1.64. The maximum Gasteiger partial charge on any atom is 0.218 e. The molecule has 0 saturated carbocycles. The van der Waals surface area contributed by atoms with E-state index in [1.165, 1.54) is 11.1 Å². The minimum Gasteiger partial charge on any atom is -0.481 e. The van der Waals surface area contributed by atoms with Crippen molar-refractivity contribution in [1.29, 1.82) is 0 Å². The van der Waals surface area contributed by atoms with Crippen LogP contribution in [0, 0.1) is 13.8 Å². The van der Waals surface area contributed by atoms with Crippen LogP contribution in [0.1, 0.15) is 16.7 Å². The Balaban J connectivity index is 2.11. The average Bonchev–Trinajstić information content (AvgIpc) is 2.35. The Hall–Kier alpha value is -2.03. The highest BCUT2D eigenvalue weighted by Crippen LogP contribution is 2.18. The standard InChI is InChI=1S/C15H18N2O/c1-11-7-12(2)9-14(8-11)17-10-13-5-4-6-16-15(13)18-3/h4-9,17H,10H2,1-3H3. The first-order valence-corrected chi connectivity index (χ1v) is 5.99. The number of hydrogen-bond donors (Lipinski definition) is 1. The predicted octanol–water partition coefficient (Wildman–Crippen LogP) is 3.32. The van der Waals surface area contributed by atoms with E-state index in [0.29, 0.717) is 12.4 Å². The molecule has 3 nitrogen and oxygen atoms in total. The Morgan fingerprint density at radius 2 is 1.89 bits per heavy atom. The third-order valence-corrected chi connectivity index (χ3v) is 2.75. The summed E-state index contributed by atoms with van der Waals surface area (Å²) < 4.78 is 5.23. The van der Waals surface area contributed by atoms with Crippen molar-refractivity contribution < 1.29 is 4.74 Å². The Bertz CT molecular complexity index is 518. The highest BCUT2D eigenvalue weighted by Gasteiger charge is 2.03. The summed E-state index contributed by atoms with van der Waals surface area (Å²) >= 11 is 0. The van der Waals surface area contributed by atoms with Gasteiger partial charge in [0.15, 0.2) is 0 Å². The molecule has 2 aromatic rings. The van der Waals surface area contributed by atoms with Gasteiger partial charge in [-0.25, -0.2) is 4.98 Å². The number of ether oxygens (including phenoxy) is 1. The summed E-state index contributed by atoms with van der Waals surface area (Å²) in [5, 5.41) is 3.40. The Kier molecular flexibility index (Phi) is 3.82. The molecular weight excluding hydrogens is 224 g/mol. The normalized spacial score (nSPS) is 10.2. The van der Waals surface area contributed by atoms with Crippen molar-refractivity contribution in [2.45, 2.75) is 20.4 Å². The smallest absolute Gasteiger partial charge is 0.218 e. The van der Waals surface area contributed by atoms with Crippen molar-refractivity contribution in [3.63, 3.8) is 0 Å². The van der Waals surface area contributed by atoms with Crippen LogP contribution < -0.4 is 10.1 Å². The van der Waals surface area contributed by atoms with Crippen LogP contribution in [0.3, 0.4) is 0 Å². The van der Waals surface area contributed by atoms with Crippen molar-refractivity contribution in [1.82, 2.24) is 4.98 Å². The van der Waals surface area contributed by atoms with Crippen molar-refractivity contribution >= 4 is 5.69 Å². The van der Waals surface area contributed by atoms with Crippen molar-refractivity contribution in [2.24, 2.45) is 0 Å². The lowest BCUT2D eigenvalue weighted by molar-refractivity contribution is 0.393. The number of hydrogen-bond acceptors (Lipinski definition) is 3. The maximum atomic E-state index is 5.23. The molecular formula is C15H18N2O. The largest absolute Gasteiger partial charge is 0.481 e. The van der Waals surface area contributed by atoms with Gasteiger partial charge in [-0.3, -0.25) is 0 Å². The molecule has 18 heavy (non-hydrogen) atoms. The zero-order valence-corrected chi connectivity index (χ0v) is 11.0. The van der Waals surface area contributed by atoms with Crippen LogP contribution in [0.15, 0.2) is 36.5 Å². The topological polar surface area (TPSA) is 34.1 Å². The van der Waals surface area contributed by atoms with Gasteiger partial charge in [0, 0.05) is 24.0 Å². The van der Waals surface area contributed by atoms with Crippen LogP contribution in [0.5, 0.6) is 5.88 Å². The molecule has 0 saturated heterocycles. The molecule has 0 spiro atoms. The fraction of sp³-hybridized carbons (Fsp3) is 0.267. The summed E-state index contributed by atoms with van der Waals surface area (Å²) in [6.45, 7) is 4.91. The monoisotopic (exact) mass is 242 g/mol. The highest BCUT2D eigenvalue weighted by atomic mass is 16.5. The van der Waals surface area contributed by atoms with Gasteiger partial charge in [0.2, 0.25) is 5.88 Å². The third kappa shape index (κ3) is 3.00. The van der Waals surface area contributed by atoms with Crippen LogP contribution in [0.25, 0.3) is 0 Å². The number of aryl methyl sites for hydroxylation is 2. The van der Waals surface area contributed by atoms with Gasteiger partial charge in [-0.1, -0.05) is 12.1 Å². The first-order chi connectivity index (χ1) is 8.69. The van der Waals surface area contributed by atoms with E-state index in [9.17, 15) is 0 Å². The van der Waals surface area contributed by atoms with Gasteiger partial charge in [-0.05, 0) is 43.2 Å². The summed E-state index contributed by atoms with van der Waals surface area (Å²) in [6, 6.07) is 10.4. The lowest BCUT2D eigenvalue weighted by atomic mass is 10.1. The molecule has 1 aromatic carbocycles. The summed E-state index contributed by atoms with van der Waals surface area (Å²) in [6.07, 6.45) is 1.74. The fourth-order valence-electron chi connectivity index (χ4n) is 2.02. The van der Waals surface area contributed by atoms with Gasteiger partial charge >= 0.3 is 0 Å². The molecule has 2 rings (SSSR count). The molecule has 1 N–H and O–H groups in total. The summed E-state index contributed by atoms with van der Waals surface area (Å²) in [4.78, 5) is 4.18. The maximum absolute atomic E-state index is 5.23. The Morgan fingerprint density at radius 3 is 2.56 bits per heavy atom. The van der Waals surface area contributed by atoms with E-state index < -0.39 is 0 Å². The first kappa shape index (κ1) is 12.4. The second-order valence-corrected chi connectivity index (χ2v) is 4.40. The van der Waals surface area contributed by atoms with Crippen LogP contribution in [0.4, 0.5) is 5.69 Å². The van der Waals surface area contributed by atoms with E-state index in [-0.39, 0.29) is 0 Å². The van der Waals surface area contributed by atoms with Gasteiger partial charge in [0.25, 0.3) is 0 Å². The van der Waals surface area contributed by atoms with Gasteiger partial charge in [-0.15, -0.1) is 0 Å². The molecule has 0 fully saturated rings. The molecule has 0 aliphatic heterocycles. The van der Waals surface area contributed by atoms with Gasteiger partial charge in [-0.2, -0.15) is 0 Å². The Morgan fingerprint density at radius 1 is 1.17 bits per heavy atom. The average molecular weight is 242 g/mol. The van der Waals surface area contributed by atoms with Crippen LogP contribution in [-0.4, -0.2) is 12.1 Å². The minimum absolute atomic E-state index is 0.675. The van der Waals surface area contributed by atoms with Crippen LogP contribution >= 0.6 is 0 Å². The zero-order chi connectivity index (χ0) is 13.0. The third-order valence-electron chi connectivity index (χ3n) is 2.75. The number of pyridine rings is 1. The second kappa shape index (κ2) is 5.54. The van der Waals surface area contributed by atoms with Crippen molar-refractivity contribution in [3.05, 3.63) is 53.2 Å². The van der Waals surface area contributed by atoms with E-state index in [2.05, 4.69) is 42.3 Å². The van der Waals surface area contributed by atoms with Crippen LogP contribution in [0.2, 0.25) is 0 Å². The molecule has 0 unspecified atom stereocenters. The Labute approximate surface area is 108 Å². The van der Waals surface area contributed by atoms with E-state index in [1.54, 1.807) is 13.3 Å². The quantitative estimate of drug-likeness (QED) is 0.893. The van der Waals surface area contributed by atoms with Crippen LogP contribution in [-0.2, 0) is 6.54 Å². The molecule has 0 radical (unpaired) electrons. The number of aromatic nitrogens is 1. The summed E-state index contributed by atoms with van der Waals surface area (Å²) in [5.41, 5.74) is 4.70. The molecule has 0 amide bonds. The number of nitrogens with zero attached hydrogens (tertiary/aromatic N) is 1. The SMILES string of the molecule is COc1ncccc1CNc1cc(C)cc(C)c1. The van der Waals surface area contributed by atoms with E-state index in [4.69, 9.17) is 4.74 Å². The van der Waals surface area contributed by atoms with E-state index in [0.717, 1.165) is 11.3 Å². The molecule has 94 valence electrons. The molecule has 0 aliphatic carbocycles. The number of rotatable bonds is 4. The molecule has 0 aliphatic rings. The molecule has 0 bridgehead atoms. The van der Waals surface area contributed by atoms with Gasteiger partial charge < -0.3 is 10.1 Å². The van der Waals surface area contributed by atoms with Crippen molar-refractivity contribution in [2.75, 3.05) is 12.4 Å². The number of nitrogens with one attached hydrogen (secondary N) is 1. The first-order valence-electron chi connectivity index (χ1n) is 5.99. The number of methoxy groups -OCH3 is 1. The summed E-state index contributed by atoms with van der Waals surface area (Å²) in [5.74, 6) is 0.675. The predicted molar refractivity (Wildman–Crippen MR) is 74.0 cm³/mol. The van der Waals surface area contributed by atoms with E-state index >= 15 is 0 Å². The molecule has 1 heterocycles. The minimum atomic E-state index is 0.675. The van der Waals surface area contributed by atoms with Gasteiger partial charge in [0.1, 0.15) is 0 Å². The molecule has 0 atom stereocenters. The molecule has 1 aromatic heterocycles. The van der Waals surface area contributed by atoms with E-state index in [1.807, 2.05) is 12.1 Å². The van der Waals surface area contributed by atoms with Gasteiger partial charge in [0.05, 0.1) is 7.11 Å². The lowest BCUT2D eigenvalue weighted by Gasteiger charge is -2.10. The fourth-order valence-corrected chi connectivity index (χ4v) is 2.02. The number of anilines is 1. The lowest BCUT2D eigenvalue weighted by Crippen LogP contribution is -2.03.